The lowest BCUT2D eigenvalue weighted by Gasteiger charge is -2.54. The predicted octanol–water partition coefficient (Wildman–Crippen LogP) is 6.12. The molecule has 0 radical (unpaired) electrons. The fraction of sp³-hybridized carbons (Fsp3) is 0.862. The minimum Gasteiger partial charge on any atom is -0.363 e. The van der Waals surface area contributed by atoms with Gasteiger partial charge in [0.2, 0.25) is 0 Å². The second-order valence-electron chi connectivity index (χ2n) is 13.3. The summed E-state index contributed by atoms with van der Waals surface area (Å²) in [5, 5.41) is 0. The van der Waals surface area contributed by atoms with Crippen molar-refractivity contribution in [2.75, 3.05) is 27.7 Å². The maximum atomic E-state index is 6.20. The van der Waals surface area contributed by atoms with Crippen LogP contribution < -0.4 is 0 Å². The molecule has 5 rings (SSSR count). The molecule has 0 N–H and O–H groups in total. The summed E-state index contributed by atoms with van der Waals surface area (Å²) >= 11 is 0. The smallest absolute Gasteiger partial charge is 0.107 e. The Morgan fingerprint density at radius 3 is 2.59 bits per heavy atom. The molecule has 3 heteroatoms. The van der Waals surface area contributed by atoms with Crippen LogP contribution in [-0.2, 0) is 4.74 Å². The molecular formula is C29H48N2O. The molecule has 180 valence electrons. The van der Waals surface area contributed by atoms with Crippen LogP contribution in [0.4, 0.5) is 0 Å². The Balaban J connectivity index is 1.46. The van der Waals surface area contributed by atoms with E-state index in [9.17, 15) is 0 Å². The molecule has 3 nitrogen and oxygen atoms in total. The van der Waals surface area contributed by atoms with E-state index in [0.29, 0.717) is 28.3 Å². The molecule has 5 aliphatic rings. The molecule has 1 saturated heterocycles. The van der Waals surface area contributed by atoms with Crippen molar-refractivity contribution in [3.05, 3.63) is 23.3 Å². The van der Waals surface area contributed by atoms with Gasteiger partial charge in [-0.25, -0.2) is 0 Å². The number of ether oxygens (including phenoxy) is 1. The Bertz CT molecular complexity index is 816. The van der Waals surface area contributed by atoms with E-state index >= 15 is 0 Å². The number of fused-ring (bicyclic) bond motifs is 5. The molecule has 0 aromatic carbocycles. The molecule has 1 heterocycles. The topological polar surface area (TPSA) is 15.7 Å². The first-order valence-electron chi connectivity index (χ1n) is 13.4. The summed E-state index contributed by atoms with van der Waals surface area (Å²) < 4.78 is 6.20. The van der Waals surface area contributed by atoms with Gasteiger partial charge >= 0.3 is 0 Å². The Kier molecular flexibility index (Phi) is 5.55. The summed E-state index contributed by atoms with van der Waals surface area (Å²) in [5.74, 6) is 2.29. The number of hydrogen-bond donors (Lipinski definition) is 0. The normalized spacial score (nSPS) is 49.8. The van der Waals surface area contributed by atoms with Gasteiger partial charge in [0.1, 0.15) is 6.23 Å². The number of allylic oxidation sites excluding steroid dienone is 3. The molecular weight excluding hydrogens is 392 g/mol. The molecule has 32 heavy (non-hydrogen) atoms. The quantitative estimate of drug-likeness (QED) is 0.514. The molecule has 0 aromatic rings. The maximum Gasteiger partial charge on any atom is 0.107 e. The van der Waals surface area contributed by atoms with Crippen molar-refractivity contribution in [1.29, 1.82) is 0 Å². The van der Waals surface area contributed by atoms with E-state index in [1.54, 1.807) is 11.1 Å². The van der Waals surface area contributed by atoms with Crippen molar-refractivity contribution in [3.8, 4) is 0 Å². The van der Waals surface area contributed by atoms with Gasteiger partial charge in [-0.2, -0.15) is 0 Å². The van der Waals surface area contributed by atoms with Crippen LogP contribution in [0.1, 0.15) is 79.6 Å². The first-order valence-corrected chi connectivity index (χ1v) is 13.4. The van der Waals surface area contributed by atoms with Crippen molar-refractivity contribution in [2.24, 2.45) is 34.0 Å². The fourth-order valence-electron chi connectivity index (χ4n) is 9.04. The van der Waals surface area contributed by atoms with Gasteiger partial charge in [0.25, 0.3) is 0 Å². The summed E-state index contributed by atoms with van der Waals surface area (Å²) in [7, 11) is 6.83. The first kappa shape index (κ1) is 23.1. The van der Waals surface area contributed by atoms with E-state index in [-0.39, 0.29) is 6.23 Å². The Morgan fingerprint density at radius 1 is 1.12 bits per heavy atom. The second kappa shape index (κ2) is 7.68. The van der Waals surface area contributed by atoms with Crippen LogP contribution in [0.3, 0.4) is 0 Å². The van der Waals surface area contributed by atoms with Crippen molar-refractivity contribution >= 4 is 0 Å². The minimum absolute atomic E-state index is 0.242. The average Bonchev–Trinajstić information content (AvgIpc) is 2.89. The Labute approximate surface area is 197 Å². The van der Waals surface area contributed by atoms with Crippen LogP contribution in [0.5, 0.6) is 0 Å². The van der Waals surface area contributed by atoms with E-state index < -0.39 is 0 Å². The van der Waals surface area contributed by atoms with Gasteiger partial charge in [-0.3, -0.25) is 4.90 Å². The van der Waals surface area contributed by atoms with Gasteiger partial charge in [0, 0.05) is 17.5 Å². The third-order valence-electron chi connectivity index (χ3n) is 11.8. The standard InChI is InChI=1S/C29H48N2O/c1-19(30(6)7)24-12-14-29(5)25-10-9-22-17-27(3)18-32-20(2)31(8)26(27)16-23(22)15-21(25)11-13-28(24,29)4/h11,15,19-20,22,24-26H,9-10,12-14,16-18H2,1-8H3/t19-,20-,22-,24+,25+,26-,27+,28+,29-/m0/s1. The van der Waals surface area contributed by atoms with Crippen LogP contribution >= 0.6 is 0 Å². The van der Waals surface area contributed by atoms with E-state index in [1.165, 1.54) is 44.9 Å². The zero-order chi connectivity index (χ0) is 23.1. The second-order valence-corrected chi connectivity index (χ2v) is 13.3. The number of rotatable bonds is 2. The number of hydrogen-bond acceptors (Lipinski definition) is 3. The van der Waals surface area contributed by atoms with Crippen LogP contribution in [0.25, 0.3) is 0 Å². The zero-order valence-electron chi connectivity index (χ0n) is 22.1. The highest BCUT2D eigenvalue weighted by molar-refractivity contribution is 5.37. The van der Waals surface area contributed by atoms with Gasteiger partial charge in [0.05, 0.1) is 6.61 Å². The molecule has 1 aliphatic heterocycles. The lowest BCUT2D eigenvalue weighted by atomic mass is 9.51. The van der Waals surface area contributed by atoms with Gasteiger partial charge in [-0.05, 0) is 114 Å². The van der Waals surface area contributed by atoms with Crippen LogP contribution in [0, 0.1) is 34.0 Å². The summed E-state index contributed by atoms with van der Waals surface area (Å²) in [6, 6.07) is 1.27. The Hall–Kier alpha value is -0.640. The van der Waals surface area contributed by atoms with Crippen LogP contribution in [0.2, 0.25) is 0 Å². The molecule has 3 fully saturated rings. The third kappa shape index (κ3) is 3.17. The minimum atomic E-state index is 0.242. The van der Waals surface area contributed by atoms with Gasteiger partial charge in [-0.1, -0.05) is 38.5 Å². The molecule has 9 atom stereocenters. The molecule has 0 bridgehead atoms. The van der Waals surface area contributed by atoms with E-state index in [0.717, 1.165) is 24.4 Å². The molecule has 4 aliphatic carbocycles. The highest BCUT2D eigenvalue weighted by Gasteiger charge is 2.61. The van der Waals surface area contributed by atoms with Crippen molar-refractivity contribution in [2.45, 2.75) is 97.9 Å². The molecule has 0 unspecified atom stereocenters. The summed E-state index contributed by atoms with van der Waals surface area (Å²) in [6.07, 6.45) is 15.0. The summed E-state index contributed by atoms with van der Waals surface area (Å²) in [6.45, 7) is 13.4. The largest absolute Gasteiger partial charge is 0.363 e. The maximum absolute atomic E-state index is 6.20. The first-order chi connectivity index (χ1) is 15.0. The SMILES string of the molecule is C[C@@H]1OC[C@@]2(C)C[C@@H]3CC[C@@H]4C(=CC[C@]5(C)[C@@H]([C@H](C)N(C)C)CC[C@@]45C)C=C3C[C@@H]2N1C. The third-order valence-corrected chi connectivity index (χ3v) is 11.8. The van der Waals surface area contributed by atoms with Gasteiger partial charge < -0.3 is 9.64 Å². The molecule has 0 amide bonds. The highest BCUT2D eigenvalue weighted by atomic mass is 16.5. The van der Waals surface area contributed by atoms with Crippen molar-refractivity contribution in [3.63, 3.8) is 0 Å². The Morgan fingerprint density at radius 2 is 1.88 bits per heavy atom. The van der Waals surface area contributed by atoms with Crippen molar-refractivity contribution < 1.29 is 4.74 Å². The fourth-order valence-corrected chi connectivity index (χ4v) is 9.04. The van der Waals surface area contributed by atoms with Crippen molar-refractivity contribution in [1.82, 2.24) is 9.80 Å². The summed E-state index contributed by atoms with van der Waals surface area (Å²) in [4.78, 5) is 4.98. The highest BCUT2D eigenvalue weighted by Crippen LogP contribution is 2.68. The summed E-state index contributed by atoms with van der Waals surface area (Å²) in [5.41, 5.74) is 4.60. The zero-order valence-corrected chi connectivity index (χ0v) is 22.1. The predicted molar refractivity (Wildman–Crippen MR) is 133 cm³/mol. The van der Waals surface area contributed by atoms with E-state index in [2.05, 4.69) is 77.7 Å². The lowest BCUT2D eigenvalue weighted by molar-refractivity contribution is -0.175. The van der Waals surface area contributed by atoms with Gasteiger partial charge in [-0.15, -0.1) is 0 Å². The number of nitrogens with zero attached hydrogens (tertiary/aromatic N) is 2. The van der Waals surface area contributed by atoms with Crippen LogP contribution in [0.15, 0.2) is 23.3 Å². The lowest BCUT2D eigenvalue weighted by Crippen LogP contribution is -2.59. The van der Waals surface area contributed by atoms with Gasteiger partial charge in [0.15, 0.2) is 0 Å². The molecule has 0 aromatic heterocycles. The van der Waals surface area contributed by atoms with E-state index in [1.807, 2.05) is 0 Å². The van der Waals surface area contributed by atoms with E-state index in [4.69, 9.17) is 4.74 Å². The average molecular weight is 441 g/mol. The monoisotopic (exact) mass is 440 g/mol. The molecule has 0 spiro atoms. The van der Waals surface area contributed by atoms with Crippen LogP contribution in [-0.4, -0.2) is 55.9 Å². The molecule has 2 saturated carbocycles.